The molecule has 0 aromatic heterocycles. The zero-order valence-electron chi connectivity index (χ0n) is 9.13. The van der Waals surface area contributed by atoms with Gasteiger partial charge in [-0.15, -0.1) is 0 Å². The number of aliphatic hydroxyl groups excluding tert-OH is 1. The van der Waals surface area contributed by atoms with E-state index in [4.69, 9.17) is 0 Å². The Bertz CT molecular complexity index is 210. The molecule has 0 aromatic rings. The van der Waals surface area contributed by atoms with Gasteiger partial charge in [0.05, 0.1) is 12.2 Å². The Labute approximate surface area is 86.3 Å². The van der Waals surface area contributed by atoms with Gasteiger partial charge in [-0.25, -0.2) is 0 Å². The third kappa shape index (κ3) is 1.40. The van der Waals surface area contributed by atoms with E-state index >= 15 is 0 Å². The van der Waals surface area contributed by atoms with Gasteiger partial charge >= 0.3 is 0 Å². The first-order valence-electron chi connectivity index (χ1n) is 5.95. The van der Waals surface area contributed by atoms with E-state index in [0.717, 1.165) is 32.1 Å². The van der Waals surface area contributed by atoms with Crippen LogP contribution in [0.3, 0.4) is 0 Å². The lowest BCUT2D eigenvalue weighted by Gasteiger charge is -2.54. The maximum Gasteiger partial charge on any atom is 0.0725 e. The van der Waals surface area contributed by atoms with E-state index in [1.165, 1.54) is 12.8 Å². The van der Waals surface area contributed by atoms with Crippen molar-refractivity contribution in [2.24, 2.45) is 11.3 Å². The van der Waals surface area contributed by atoms with Crippen molar-refractivity contribution in [3.05, 3.63) is 0 Å². The SMILES string of the molecule is CC1CCCC(CO)(C2(O)CCC2)C1. The molecule has 2 heteroatoms. The fraction of sp³-hybridized carbons (Fsp3) is 1.00. The van der Waals surface area contributed by atoms with Crippen LogP contribution in [0.4, 0.5) is 0 Å². The van der Waals surface area contributed by atoms with Gasteiger partial charge in [-0.1, -0.05) is 19.8 Å². The van der Waals surface area contributed by atoms with Crippen molar-refractivity contribution in [1.29, 1.82) is 0 Å². The van der Waals surface area contributed by atoms with Crippen molar-refractivity contribution in [2.75, 3.05) is 6.61 Å². The first-order valence-corrected chi connectivity index (χ1v) is 5.95. The maximum absolute atomic E-state index is 10.4. The molecule has 2 unspecified atom stereocenters. The third-order valence-electron chi connectivity index (χ3n) is 4.56. The van der Waals surface area contributed by atoms with Crippen molar-refractivity contribution >= 4 is 0 Å². The smallest absolute Gasteiger partial charge is 0.0725 e. The Morgan fingerprint density at radius 1 is 1.21 bits per heavy atom. The predicted octanol–water partition coefficient (Wildman–Crippen LogP) is 2.09. The molecule has 0 aliphatic heterocycles. The van der Waals surface area contributed by atoms with Gasteiger partial charge in [0.25, 0.3) is 0 Å². The van der Waals surface area contributed by atoms with Gasteiger partial charge in [-0.05, 0) is 38.0 Å². The Morgan fingerprint density at radius 3 is 2.36 bits per heavy atom. The van der Waals surface area contributed by atoms with Crippen molar-refractivity contribution in [3.63, 3.8) is 0 Å². The average molecular weight is 198 g/mol. The summed E-state index contributed by atoms with van der Waals surface area (Å²) in [5, 5.41) is 20.0. The molecule has 2 nitrogen and oxygen atoms in total. The monoisotopic (exact) mass is 198 g/mol. The molecule has 2 saturated carbocycles. The molecule has 2 N–H and O–H groups in total. The maximum atomic E-state index is 10.4. The Kier molecular flexibility index (Phi) is 2.61. The highest BCUT2D eigenvalue weighted by atomic mass is 16.3. The van der Waals surface area contributed by atoms with Crippen molar-refractivity contribution in [3.8, 4) is 0 Å². The molecular weight excluding hydrogens is 176 g/mol. The molecule has 2 fully saturated rings. The highest BCUT2D eigenvalue weighted by Gasteiger charge is 2.54. The summed E-state index contributed by atoms with van der Waals surface area (Å²) in [5.41, 5.74) is -0.695. The molecule has 0 saturated heterocycles. The van der Waals surface area contributed by atoms with Crippen LogP contribution >= 0.6 is 0 Å². The van der Waals surface area contributed by atoms with E-state index in [1.807, 2.05) is 0 Å². The minimum atomic E-state index is -0.531. The summed E-state index contributed by atoms with van der Waals surface area (Å²) in [6.07, 6.45) is 7.40. The van der Waals surface area contributed by atoms with E-state index < -0.39 is 5.60 Å². The molecule has 0 bridgehead atoms. The van der Waals surface area contributed by atoms with Crippen LogP contribution in [0.25, 0.3) is 0 Å². The summed E-state index contributed by atoms with van der Waals surface area (Å²) >= 11 is 0. The zero-order chi connectivity index (χ0) is 10.2. The highest BCUT2D eigenvalue weighted by Crippen LogP contribution is 2.54. The second-order valence-electron chi connectivity index (χ2n) is 5.53. The molecule has 0 amide bonds. The molecule has 0 heterocycles. The summed E-state index contributed by atoms with van der Waals surface area (Å²) in [6.45, 7) is 2.42. The second kappa shape index (κ2) is 3.49. The van der Waals surface area contributed by atoms with E-state index in [1.54, 1.807) is 0 Å². The highest BCUT2D eigenvalue weighted by molar-refractivity contribution is 5.05. The minimum Gasteiger partial charge on any atom is -0.396 e. The van der Waals surface area contributed by atoms with Crippen LogP contribution in [0.15, 0.2) is 0 Å². The number of aliphatic hydroxyl groups is 2. The minimum absolute atomic E-state index is 0.164. The first-order chi connectivity index (χ1) is 6.62. The lowest BCUT2D eigenvalue weighted by atomic mass is 9.55. The van der Waals surface area contributed by atoms with Crippen molar-refractivity contribution in [1.82, 2.24) is 0 Å². The summed E-state index contributed by atoms with van der Waals surface area (Å²) in [4.78, 5) is 0. The first kappa shape index (κ1) is 10.4. The molecule has 82 valence electrons. The topological polar surface area (TPSA) is 40.5 Å². The van der Waals surface area contributed by atoms with Gasteiger partial charge < -0.3 is 10.2 Å². The fourth-order valence-corrected chi connectivity index (χ4v) is 3.42. The Morgan fingerprint density at radius 2 is 1.93 bits per heavy atom. The quantitative estimate of drug-likeness (QED) is 0.713. The molecule has 2 aliphatic rings. The Balaban J connectivity index is 2.15. The molecule has 2 aliphatic carbocycles. The van der Waals surface area contributed by atoms with Crippen LogP contribution in [0.1, 0.15) is 51.9 Å². The predicted molar refractivity (Wildman–Crippen MR) is 56.0 cm³/mol. The lowest BCUT2D eigenvalue weighted by Crippen LogP contribution is -2.56. The average Bonchev–Trinajstić information content (AvgIpc) is 2.14. The summed E-state index contributed by atoms with van der Waals surface area (Å²) in [6, 6.07) is 0. The van der Waals surface area contributed by atoms with E-state index in [9.17, 15) is 10.2 Å². The molecule has 2 rings (SSSR count). The van der Waals surface area contributed by atoms with Crippen molar-refractivity contribution < 1.29 is 10.2 Å². The lowest BCUT2D eigenvalue weighted by molar-refractivity contribution is -0.177. The summed E-state index contributed by atoms with van der Waals surface area (Å²) in [5.74, 6) is 0.667. The van der Waals surface area contributed by atoms with Gasteiger partial charge in [0.15, 0.2) is 0 Å². The largest absolute Gasteiger partial charge is 0.396 e. The molecule has 0 radical (unpaired) electrons. The third-order valence-corrected chi connectivity index (χ3v) is 4.56. The number of hydrogen-bond acceptors (Lipinski definition) is 2. The molecular formula is C12H22O2. The Hall–Kier alpha value is -0.0800. The van der Waals surface area contributed by atoms with Gasteiger partial charge in [-0.3, -0.25) is 0 Å². The molecule has 0 spiro atoms. The van der Waals surface area contributed by atoms with Crippen LogP contribution in [0.2, 0.25) is 0 Å². The van der Waals surface area contributed by atoms with Crippen LogP contribution in [-0.4, -0.2) is 22.4 Å². The van der Waals surface area contributed by atoms with Gasteiger partial charge in [0.1, 0.15) is 0 Å². The number of rotatable bonds is 2. The van der Waals surface area contributed by atoms with Gasteiger partial charge in [0, 0.05) is 5.41 Å². The second-order valence-corrected chi connectivity index (χ2v) is 5.53. The van der Waals surface area contributed by atoms with Crippen LogP contribution < -0.4 is 0 Å². The van der Waals surface area contributed by atoms with Gasteiger partial charge in [-0.2, -0.15) is 0 Å². The fourth-order valence-electron chi connectivity index (χ4n) is 3.42. The van der Waals surface area contributed by atoms with Gasteiger partial charge in [0.2, 0.25) is 0 Å². The van der Waals surface area contributed by atoms with E-state index in [0.29, 0.717) is 5.92 Å². The normalized spacial score (nSPS) is 41.8. The van der Waals surface area contributed by atoms with E-state index in [2.05, 4.69) is 6.92 Å². The van der Waals surface area contributed by atoms with Crippen LogP contribution in [-0.2, 0) is 0 Å². The summed E-state index contributed by atoms with van der Waals surface area (Å²) < 4.78 is 0. The van der Waals surface area contributed by atoms with Crippen LogP contribution in [0.5, 0.6) is 0 Å². The molecule has 14 heavy (non-hydrogen) atoms. The number of hydrogen-bond donors (Lipinski definition) is 2. The van der Waals surface area contributed by atoms with E-state index in [-0.39, 0.29) is 12.0 Å². The standard InChI is InChI=1S/C12H22O2/c1-10-4-2-5-11(8-10,9-13)12(14)6-3-7-12/h10,13-14H,2-9H2,1H3. The molecule has 2 atom stereocenters. The van der Waals surface area contributed by atoms with Crippen LogP contribution in [0, 0.1) is 11.3 Å². The molecule has 0 aromatic carbocycles. The van der Waals surface area contributed by atoms with Crippen molar-refractivity contribution in [2.45, 2.75) is 57.5 Å². The summed E-state index contributed by atoms with van der Waals surface area (Å²) in [7, 11) is 0. The zero-order valence-corrected chi connectivity index (χ0v) is 9.13.